The average Bonchev–Trinajstić information content (AvgIpc) is 2.56. The summed E-state index contributed by atoms with van der Waals surface area (Å²) in [5.41, 5.74) is 36.6. The zero-order chi connectivity index (χ0) is 18.0. The summed E-state index contributed by atoms with van der Waals surface area (Å²) in [6.45, 7) is 6.61. The van der Waals surface area contributed by atoms with Gasteiger partial charge in [-0.1, -0.05) is 18.4 Å². The first kappa shape index (κ1) is 23.9. The van der Waals surface area contributed by atoms with Gasteiger partial charge < -0.3 is 22.9 Å². The molecule has 0 aliphatic heterocycles. The van der Waals surface area contributed by atoms with Crippen molar-refractivity contribution >= 4 is 5.97 Å². The van der Waals surface area contributed by atoms with Crippen LogP contribution in [0.25, 0.3) is 0 Å². The summed E-state index contributed by atoms with van der Waals surface area (Å²) < 4.78 is 5.13. The molecule has 154 valence electrons. The molecule has 0 aliphatic rings. The third-order valence-corrected chi connectivity index (χ3v) is 2.32. The van der Waals surface area contributed by atoms with Gasteiger partial charge in [-0.05, 0) is 69.6 Å². The molecule has 0 saturated carbocycles. The van der Waals surface area contributed by atoms with E-state index in [1.165, 1.54) is 6.92 Å². The van der Waals surface area contributed by atoms with Crippen molar-refractivity contribution in [1.29, 1.82) is 0 Å². The minimum absolute atomic E-state index is 0. The monoisotopic (exact) mass is 379 g/mol. The Balaban J connectivity index is -0.0000000220. The molecule has 0 unspecified atom stereocenters. The topological polar surface area (TPSA) is 53.9 Å². The molecule has 0 saturated heterocycles. The zero-order valence-corrected chi connectivity index (χ0v) is 14.8. The van der Waals surface area contributed by atoms with E-state index in [1.807, 2.05) is 6.92 Å². The second-order valence-electron chi connectivity index (χ2n) is 4.11. The van der Waals surface area contributed by atoms with Crippen LogP contribution in [0, 0.1) is 0 Å². The van der Waals surface area contributed by atoms with E-state index < -0.39 is 6.10 Å². The standard InChI is InChI=1S/C21H15NO2.ClH.15H2/c1-4-6-7-8-9-10-11-12-13-14-15-16-17-18-21(20(22)5-2)24-19(3)23;;;;;;;;;;;;;;;;/h18,20-21H,1,5,22H2,2-3H3;16*1H/t20-,21-;;;;;;;;;;;;;;;;/m0................/s1. The van der Waals surface area contributed by atoms with Crippen LogP contribution in [0.3, 0.4) is 0 Å². The largest absolute Gasteiger partial charge is 1.00 e. The molecule has 0 aromatic rings. The maximum atomic E-state index is 11.0. The highest BCUT2D eigenvalue weighted by Gasteiger charge is 2.19. The Labute approximate surface area is 175 Å². The van der Waals surface area contributed by atoms with Crippen LogP contribution in [0.5, 0.6) is 0 Å². The fourth-order valence-corrected chi connectivity index (χ4v) is 1.18. The van der Waals surface area contributed by atoms with E-state index in [-0.39, 0.29) is 45.8 Å². The van der Waals surface area contributed by atoms with Gasteiger partial charge in [-0.25, -0.2) is 0 Å². The number of carbonyl (C=O) groups is 1. The average molecular weight is 380 g/mol. The van der Waals surface area contributed by atoms with Gasteiger partial charge in [0.05, 0.1) is 0 Å². The van der Waals surface area contributed by atoms with Crippen LogP contribution >= 0.6 is 0 Å². The van der Waals surface area contributed by atoms with E-state index in [2.05, 4.69) is 86.8 Å². The molecule has 0 aromatic heterocycles. The molecule has 3 nitrogen and oxygen atoms in total. The number of hydrogen-bond acceptors (Lipinski definition) is 2. The minimum Gasteiger partial charge on any atom is -1.00 e. The number of halogens is 1. The fourth-order valence-electron chi connectivity index (χ4n) is 1.18. The SMILES string of the molecule is C=C=C=C=C=C=C=C=C=C=C=C=C=C=C[C@H](OC(C)=O)[C@@H]([NH3+])CC.[Cl-].[HH].[HH].[HH].[HH].[HH].[HH].[HH].[HH].[HH].[HH].[HH].[HH].[HH].[HH].[HH]. The Kier molecular flexibility index (Phi) is 16.2. The van der Waals surface area contributed by atoms with Crippen LogP contribution in [0.1, 0.15) is 41.7 Å². The Bertz CT molecular complexity index is 993. The molecular formula is C21H46ClNO2. The molecule has 0 bridgehead atoms. The Hall–Kier alpha value is -3.40. The summed E-state index contributed by atoms with van der Waals surface area (Å²) in [5.74, 6) is -0.368. The fraction of sp³-hybridized carbons (Fsp3) is 0.238. The lowest BCUT2D eigenvalue weighted by atomic mass is 10.1. The van der Waals surface area contributed by atoms with E-state index in [0.717, 1.165) is 6.42 Å². The van der Waals surface area contributed by atoms with Gasteiger partial charge in [-0.3, -0.25) is 4.79 Å². The molecule has 0 aliphatic carbocycles. The van der Waals surface area contributed by atoms with Crippen molar-refractivity contribution in [1.82, 2.24) is 0 Å². The van der Waals surface area contributed by atoms with Gasteiger partial charge in [0.15, 0.2) is 6.10 Å². The molecule has 0 radical (unpaired) electrons. The number of hydrogen-bond donors (Lipinski definition) is 1. The first-order chi connectivity index (χ1) is 11.6. The van der Waals surface area contributed by atoms with Gasteiger partial charge in [0.25, 0.3) is 0 Å². The summed E-state index contributed by atoms with van der Waals surface area (Å²) in [4.78, 5) is 11.0. The van der Waals surface area contributed by atoms with Gasteiger partial charge in [-0.2, -0.15) is 0 Å². The molecule has 0 aromatic carbocycles. The summed E-state index contributed by atoms with van der Waals surface area (Å²) in [7, 11) is 0. The van der Waals surface area contributed by atoms with E-state index in [9.17, 15) is 4.79 Å². The number of ether oxygens (including phenoxy) is 1. The van der Waals surface area contributed by atoms with Crippen LogP contribution in [-0.2, 0) is 9.53 Å². The van der Waals surface area contributed by atoms with E-state index >= 15 is 0 Å². The van der Waals surface area contributed by atoms with Crippen molar-refractivity contribution in [3.63, 3.8) is 0 Å². The number of carbonyl (C=O) groups excluding carboxylic acids is 1. The van der Waals surface area contributed by atoms with Crippen LogP contribution in [0.4, 0.5) is 0 Å². The molecule has 25 heavy (non-hydrogen) atoms. The Morgan fingerprint density at radius 3 is 1.88 bits per heavy atom. The Morgan fingerprint density at radius 2 is 1.48 bits per heavy atom. The predicted molar refractivity (Wildman–Crippen MR) is 120 cm³/mol. The third-order valence-electron chi connectivity index (χ3n) is 2.32. The van der Waals surface area contributed by atoms with Crippen LogP contribution in [-0.4, -0.2) is 18.1 Å². The molecule has 2 atom stereocenters. The van der Waals surface area contributed by atoms with Gasteiger partial charge >= 0.3 is 5.97 Å². The molecule has 0 amide bonds. The molecule has 0 fully saturated rings. The van der Waals surface area contributed by atoms with Crippen molar-refractivity contribution in [2.75, 3.05) is 0 Å². The molecule has 3 N–H and O–H groups in total. The highest BCUT2D eigenvalue weighted by Crippen LogP contribution is 2.01. The normalized spacial score (nSPS) is 8.76. The van der Waals surface area contributed by atoms with Gasteiger partial charge in [-0.15, -0.1) is 0 Å². The van der Waals surface area contributed by atoms with Crippen molar-refractivity contribution in [3.05, 3.63) is 87.2 Å². The van der Waals surface area contributed by atoms with Crippen molar-refractivity contribution in [3.8, 4) is 0 Å². The summed E-state index contributed by atoms with van der Waals surface area (Å²) in [6, 6.07) is -0.0543. The van der Waals surface area contributed by atoms with E-state index in [1.54, 1.807) is 6.08 Å². The lowest BCUT2D eigenvalue weighted by Gasteiger charge is -2.14. The molecular weight excluding hydrogens is 334 g/mol. The Morgan fingerprint density at radius 1 is 1.04 bits per heavy atom. The smallest absolute Gasteiger partial charge is 0.303 e. The molecule has 0 spiro atoms. The quantitative estimate of drug-likeness (QED) is 0.603. The third kappa shape index (κ3) is 15.3. The first-order valence-corrected chi connectivity index (χ1v) is 6.98. The summed E-state index contributed by atoms with van der Waals surface area (Å²) in [5, 5.41) is 0. The van der Waals surface area contributed by atoms with Crippen LogP contribution in [0.15, 0.2) is 87.2 Å². The lowest BCUT2D eigenvalue weighted by molar-refractivity contribution is -0.433. The van der Waals surface area contributed by atoms with Crippen molar-refractivity contribution in [2.24, 2.45) is 0 Å². The molecule has 0 rings (SSSR count). The van der Waals surface area contributed by atoms with Gasteiger partial charge in [0, 0.05) is 40.8 Å². The summed E-state index contributed by atoms with van der Waals surface area (Å²) >= 11 is 0. The zero-order valence-electron chi connectivity index (χ0n) is 14.0. The minimum atomic E-state index is -0.445. The van der Waals surface area contributed by atoms with Crippen LogP contribution in [0.2, 0.25) is 0 Å². The van der Waals surface area contributed by atoms with Gasteiger partial charge in [0.1, 0.15) is 6.04 Å². The molecule has 4 heteroatoms. The lowest BCUT2D eigenvalue weighted by Crippen LogP contribution is -3.00. The second kappa shape index (κ2) is 17.0. The predicted octanol–water partition coefficient (Wildman–Crippen LogP) is 2.83. The number of quaternary nitrogens is 1. The first-order valence-electron chi connectivity index (χ1n) is 6.98. The number of esters is 1. The van der Waals surface area contributed by atoms with Crippen molar-refractivity contribution < 1.29 is 49.1 Å². The molecule has 0 heterocycles. The highest BCUT2D eigenvalue weighted by molar-refractivity contribution is 5.66. The maximum Gasteiger partial charge on any atom is 0.303 e. The van der Waals surface area contributed by atoms with E-state index in [4.69, 9.17) is 4.74 Å². The van der Waals surface area contributed by atoms with Crippen molar-refractivity contribution in [2.45, 2.75) is 32.4 Å². The number of rotatable bonds is 4. The highest BCUT2D eigenvalue weighted by atomic mass is 35.5. The van der Waals surface area contributed by atoms with Crippen LogP contribution < -0.4 is 18.1 Å². The van der Waals surface area contributed by atoms with E-state index in [0.29, 0.717) is 0 Å². The summed E-state index contributed by atoms with van der Waals surface area (Å²) in [6.07, 6.45) is 1.90. The van der Waals surface area contributed by atoms with Gasteiger partial charge in [0.2, 0.25) is 0 Å². The second-order valence-corrected chi connectivity index (χ2v) is 4.11. The maximum absolute atomic E-state index is 11.0.